The van der Waals surface area contributed by atoms with Crippen molar-refractivity contribution in [3.63, 3.8) is 0 Å². The number of ether oxygens (including phenoxy) is 1. The normalized spacial score (nSPS) is 19.1. The lowest BCUT2D eigenvalue weighted by Crippen LogP contribution is -2.35. The highest BCUT2D eigenvalue weighted by molar-refractivity contribution is 6.01. The minimum Gasteiger partial charge on any atom is -0.394 e. The lowest BCUT2D eigenvalue weighted by molar-refractivity contribution is -0.117. The molecule has 1 aliphatic heterocycles. The Morgan fingerprint density at radius 1 is 1.62 bits per heavy atom. The molecule has 0 aliphatic carbocycles. The van der Waals surface area contributed by atoms with Crippen LogP contribution in [0.5, 0.6) is 0 Å². The van der Waals surface area contributed by atoms with Gasteiger partial charge in [-0.1, -0.05) is 0 Å². The number of nitrogens with one attached hydrogen (secondary N) is 1. The number of nitrogens with zero attached hydrogens (tertiary/aromatic N) is 2. The Hall–Kier alpha value is -2.10. The van der Waals surface area contributed by atoms with Crippen LogP contribution in [0.15, 0.2) is 11.6 Å². The van der Waals surface area contributed by atoms with Crippen LogP contribution < -0.4 is 5.32 Å². The monoisotopic (exact) mass is 331 g/mol. The predicted molar refractivity (Wildman–Crippen MR) is 91.2 cm³/mol. The van der Waals surface area contributed by atoms with Crippen molar-refractivity contribution in [3.05, 3.63) is 28.6 Å². The first-order valence-electron chi connectivity index (χ1n) is 8.28. The highest BCUT2D eigenvalue weighted by Crippen LogP contribution is 2.22. The van der Waals surface area contributed by atoms with Crippen molar-refractivity contribution in [2.45, 2.75) is 52.3 Å². The van der Waals surface area contributed by atoms with Crippen LogP contribution in [0, 0.1) is 25.2 Å². The number of aliphatic hydroxyl groups excluding tert-OH is 1. The Kier molecular flexibility index (Phi) is 6.18. The van der Waals surface area contributed by atoms with Crippen LogP contribution in [0.4, 0.5) is 0 Å². The van der Waals surface area contributed by atoms with Gasteiger partial charge in [-0.15, -0.1) is 0 Å². The van der Waals surface area contributed by atoms with Gasteiger partial charge in [0.25, 0.3) is 5.91 Å². The van der Waals surface area contributed by atoms with E-state index in [1.54, 1.807) is 13.0 Å². The largest absolute Gasteiger partial charge is 0.394 e. The predicted octanol–water partition coefficient (Wildman–Crippen LogP) is 1.69. The summed E-state index contributed by atoms with van der Waals surface area (Å²) in [5.41, 5.74) is 2.98. The Bertz CT molecular complexity index is 664. The molecule has 1 amide bonds. The van der Waals surface area contributed by atoms with E-state index < -0.39 is 5.91 Å². The molecule has 2 N–H and O–H groups in total. The van der Waals surface area contributed by atoms with Gasteiger partial charge in [-0.3, -0.25) is 4.79 Å². The molecule has 0 radical (unpaired) electrons. The average molecular weight is 331 g/mol. The van der Waals surface area contributed by atoms with Crippen LogP contribution in [0.25, 0.3) is 6.08 Å². The van der Waals surface area contributed by atoms with Crippen LogP contribution in [0.3, 0.4) is 0 Å². The van der Waals surface area contributed by atoms with E-state index >= 15 is 0 Å². The molecule has 1 saturated heterocycles. The van der Waals surface area contributed by atoms with E-state index in [0.717, 1.165) is 42.9 Å². The van der Waals surface area contributed by atoms with Crippen molar-refractivity contribution in [1.82, 2.24) is 9.88 Å². The molecule has 130 valence electrons. The van der Waals surface area contributed by atoms with Crippen LogP contribution >= 0.6 is 0 Å². The van der Waals surface area contributed by atoms with Gasteiger partial charge in [0.15, 0.2) is 0 Å². The second-order valence-electron chi connectivity index (χ2n) is 6.30. The molecule has 24 heavy (non-hydrogen) atoms. The van der Waals surface area contributed by atoms with Gasteiger partial charge in [-0.25, -0.2) is 0 Å². The number of carbonyl (C=O) groups is 1. The summed E-state index contributed by atoms with van der Waals surface area (Å²) in [6.45, 7) is 7.12. The summed E-state index contributed by atoms with van der Waals surface area (Å²) in [7, 11) is 0. The zero-order chi connectivity index (χ0) is 17.7. The summed E-state index contributed by atoms with van der Waals surface area (Å²) < 4.78 is 7.87. The van der Waals surface area contributed by atoms with Crippen LogP contribution in [-0.2, 0) is 16.1 Å². The van der Waals surface area contributed by atoms with E-state index in [-0.39, 0.29) is 24.3 Å². The van der Waals surface area contributed by atoms with Gasteiger partial charge in [-0.2, -0.15) is 5.26 Å². The maximum absolute atomic E-state index is 12.1. The molecular formula is C18H25N3O3. The molecule has 6 nitrogen and oxygen atoms in total. The second kappa shape index (κ2) is 8.13. The van der Waals surface area contributed by atoms with Crippen molar-refractivity contribution in [2.24, 2.45) is 0 Å². The van der Waals surface area contributed by atoms with E-state index in [2.05, 4.69) is 9.88 Å². The van der Waals surface area contributed by atoms with Gasteiger partial charge in [0.1, 0.15) is 11.6 Å². The Morgan fingerprint density at radius 2 is 2.38 bits per heavy atom. The fourth-order valence-corrected chi connectivity index (χ4v) is 2.90. The Labute approximate surface area is 142 Å². The summed E-state index contributed by atoms with van der Waals surface area (Å²) in [4.78, 5) is 12.1. The standard InChI is InChI=1S/C18H25N3O3/c1-12(11-22)20-18(23)16(9-19)8-15-7-13(2)21(14(15)3)10-17-5-4-6-24-17/h7-8,12,17,22H,4-6,10-11H2,1-3H3,(H,20,23)/b16-8+. The molecule has 0 spiro atoms. The molecular weight excluding hydrogens is 306 g/mol. The van der Waals surface area contributed by atoms with Crippen molar-refractivity contribution < 1.29 is 14.6 Å². The topological polar surface area (TPSA) is 87.3 Å². The van der Waals surface area contributed by atoms with Gasteiger partial charge in [0.2, 0.25) is 0 Å². The van der Waals surface area contributed by atoms with Crippen molar-refractivity contribution in [1.29, 1.82) is 5.26 Å². The fourth-order valence-electron chi connectivity index (χ4n) is 2.90. The van der Waals surface area contributed by atoms with Gasteiger partial charge >= 0.3 is 0 Å². The number of nitriles is 1. The first kappa shape index (κ1) is 18.2. The van der Waals surface area contributed by atoms with Crippen molar-refractivity contribution in [3.8, 4) is 6.07 Å². The zero-order valence-electron chi connectivity index (χ0n) is 14.5. The summed E-state index contributed by atoms with van der Waals surface area (Å²) in [6.07, 6.45) is 4.00. The van der Waals surface area contributed by atoms with E-state index in [0.29, 0.717) is 0 Å². The minimum atomic E-state index is -0.469. The van der Waals surface area contributed by atoms with Gasteiger partial charge in [0.05, 0.1) is 12.7 Å². The summed E-state index contributed by atoms with van der Waals surface area (Å²) in [5.74, 6) is -0.469. The first-order chi connectivity index (χ1) is 11.5. The molecule has 1 aromatic rings. The number of hydrogen-bond acceptors (Lipinski definition) is 4. The zero-order valence-corrected chi connectivity index (χ0v) is 14.5. The Morgan fingerprint density at radius 3 is 2.96 bits per heavy atom. The number of aromatic nitrogens is 1. The third-order valence-corrected chi connectivity index (χ3v) is 4.34. The average Bonchev–Trinajstić information content (AvgIpc) is 3.16. The summed E-state index contributed by atoms with van der Waals surface area (Å²) in [6, 6.07) is 3.53. The number of hydrogen-bond donors (Lipinski definition) is 2. The third-order valence-electron chi connectivity index (χ3n) is 4.34. The first-order valence-corrected chi connectivity index (χ1v) is 8.28. The van der Waals surface area contributed by atoms with Crippen molar-refractivity contribution in [2.75, 3.05) is 13.2 Å². The quantitative estimate of drug-likeness (QED) is 0.613. The molecule has 6 heteroatoms. The molecule has 2 rings (SSSR count). The maximum atomic E-state index is 12.1. The summed E-state index contributed by atoms with van der Waals surface area (Å²) in [5, 5.41) is 20.9. The van der Waals surface area contributed by atoms with E-state index in [1.807, 2.05) is 26.0 Å². The molecule has 1 fully saturated rings. The molecule has 0 saturated carbocycles. The van der Waals surface area contributed by atoms with Crippen LogP contribution in [0.2, 0.25) is 0 Å². The number of rotatable bonds is 6. The Balaban J connectivity index is 2.21. The third kappa shape index (κ3) is 4.25. The second-order valence-corrected chi connectivity index (χ2v) is 6.30. The molecule has 2 heterocycles. The highest BCUT2D eigenvalue weighted by Gasteiger charge is 2.19. The number of aryl methyl sites for hydroxylation is 1. The van der Waals surface area contributed by atoms with Gasteiger partial charge in [0, 0.05) is 30.6 Å². The van der Waals surface area contributed by atoms with Gasteiger partial charge in [-0.05, 0) is 51.3 Å². The number of carbonyl (C=O) groups excluding carboxylic acids is 1. The highest BCUT2D eigenvalue weighted by atomic mass is 16.5. The van der Waals surface area contributed by atoms with Gasteiger partial charge < -0.3 is 19.7 Å². The molecule has 0 aromatic carbocycles. The molecule has 1 aromatic heterocycles. The van der Waals surface area contributed by atoms with Crippen LogP contribution in [0.1, 0.15) is 36.7 Å². The molecule has 1 aliphatic rings. The SMILES string of the molecule is Cc1cc(/C=C(\C#N)C(=O)NC(C)CO)c(C)n1CC1CCCO1. The summed E-state index contributed by atoms with van der Waals surface area (Å²) >= 11 is 0. The van der Waals surface area contributed by atoms with E-state index in [9.17, 15) is 10.1 Å². The number of amides is 1. The molecule has 0 bridgehead atoms. The number of aliphatic hydroxyl groups is 1. The minimum absolute atomic E-state index is 0.0349. The lowest BCUT2D eigenvalue weighted by Gasteiger charge is -2.14. The lowest BCUT2D eigenvalue weighted by atomic mass is 10.1. The molecule has 2 unspecified atom stereocenters. The van der Waals surface area contributed by atoms with E-state index in [1.165, 1.54) is 0 Å². The van der Waals surface area contributed by atoms with Crippen molar-refractivity contribution >= 4 is 12.0 Å². The van der Waals surface area contributed by atoms with E-state index in [4.69, 9.17) is 9.84 Å². The maximum Gasteiger partial charge on any atom is 0.262 e. The molecule has 2 atom stereocenters. The fraction of sp³-hybridized carbons (Fsp3) is 0.556. The van der Waals surface area contributed by atoms with Crippen LogP contribution in [-0.4, -0.2) is 40.9 Å². The smallest absolute Gasteiger partial charge is 0.262 e.